The summed E-state index contributed by atoms with van der Waals surface area (Å²) in [6.07, 6.45) is 1.13. The summed E-state index contributed by atoms with van der Waals surface area (Å²) in [6.45, 7) is 3.73. The number of carbonyl (C=O) groups excluding carboxylic acids is 2. The molecule has 0 aromatic carbocycles. The highest BCUT2D eigenvalue weighted by Crippen LogP contribution is 2.48. The van der Waals surface area contributed by atoms with Gasteiger partial charge in [0.05, 0.1) is 18.6 Å². The Morgan fingerprint density at radius 3 is 3.12 bits per heavy atom. The highest BCUT2D eigenvalue weighted by atomic mass is 16.6. The van der Waals surface area contributed by atoms with Crippen LogP contribution < -0.4 is 0 Å². The molecule has 3 fully saturated rings. The number of ether oxygens (including phenoxy) is 3. The van der Waals surface area contributed by atoms with Gasteiger partial charge >= 0.3 is 11.9 Å². The molecule has 86 valence electrons. The molecule has 3 saturated heterocycles. The highest BCUT2D eigenvalue weighted by Gasteiger charge is 2.61. The Morgan fingerprint density at radius 2 is 2.38 bits per heavy atom. The van der Waals surface area contributed by atoms with Crippen molar-refractivity contribution >= 4 is 11.9 Å². The van der Waals surface area contributed by atoms with Gasteiger partial charge in [0.2, 0.25) is 0 Å². The topological polar surface area (TPSA) is 61.8 Å². The van der Waals surface area contributed by atoms with Gasteiger partial charge in [-0.1, -0.05) is 6.58 Å². The molecule has 5 heteroatoms. The van der Waals surface area contributed by atoms with Crippen molar-refractivity contribution in [3.63, 3.8) is 0 Å². The van der Waals surface area contributed by atoms with Crippen LogP contribution in [0.1, 0.15) is 6.42 Å². The van der Waals surface area contributed by atoms with Crippen LogP contribution in [0.2, 0.25) is 0 Å². The standard InChI is InChI=1S/C11H12O5/c1-2-8(12)15-7-3-6-9-5(10(7)16-6)4-14-11(9)13/h2,5-7,9-10H,1,3-4H2. The average molecular weight is 224 g/mol. The normalized spacial score (nSPS) is 44.0. The van der Waals surface area contributed by atoms with Crippen LogP contribution in [0.4, 0.5) is 0 Å². The van der Waals surface area contributed by atoms with Gasteiger partial charge in [0.25, 0.3) is 0 Å². The van der Waals surface area contributed by atoms with Crippen molar-refractivity contribution in [2.75, 3.05) is 6.61 Å². The highest BCUT2D eigenvalue weighted by molar-refractivity contribution is 5.81. The fourth-order valence-electron chi connectivity index (χ4n) is 2.91. The molecule has 0 radical (unpaired) electrons. The van der Waals surface area contributed by atoms with Gasteiger partial charge in [-0.05, 0) is 0 Å². The first-order valence-corrected chi connectivity index (χ1v) is 5.36. The quantitative estimate of drug-likeness (QED) is 0.489. The summed E-state index contributed by atoms with van der Waals surface area (Å²) in [4.78, 5) is 22.5. The number of carbonyl (C=O) groups is 2. The van der Waals surface area contributed by atoms with Crippen LogP contribution in [0.25, 0.3) is 0 Å². The number of hydrogen-bond acceptors (Lipinski definition) is 5. The van der Waals surface area contributed by atoms with Crippen LogP contribution in [0, 0.1) is 11.8 Å². The molecule has 16 heavy (non-hydrogen) atoms. The summed E-state index contributed by atoms with van der Waals surface area (Å²) in [6, 6.07) is 0. The third-order valence-electron chi connectivity index (χ3n) is 3.57. The lowest BCUT2D eigenvalue weighted by atomic mass is 9.80. The second kappa shape index (κ2) is 3.31. The second-order valence-electron chi connectivity index (χ2n) is 4.37. The summed E-state index contributed by atoms with van der Waals surface area (Å²) in [5.74, 6) is -0.716. The van der Waals surface area contributed by atoms with E-state index in [1.54, 1.807) is 0 Å². The molecule has 5 unspecified atom stereocenters. The van der Waals surface area contributed by atoms with Crippen LogP contribution >= 0.6 is 0 Å². The number of esters is 2. The van der Waals surface area contributed by atoms with E-state index in [4.69, 9.17) is 14.2 Å². The molecule has 0 aromatic rings. The van der Waals surface area contributed by atoms with E-state index in [9.17, 15) is 9.59 Å². The molecule has 0 aromatic heterocycles. The van der Waals surface area contributed by atoms with Gasteiger partial charge in [-0.2, -0.15) is 0 Å². The Bertz CT molecular complexity index is 363. The van der Waals surface area contributed by atoms with Crippen LogP contribution in [0.5, 0.6) is 0 Å². The molecule has 0 aliphatic carbocycles. The summed E-state index contributed by atoms with van der Waals surface area (Å²) < 4.78 is 15.8. The third kappa shape index (κ3) is 1.21. The molecule has 0 amide bonds. The zero-order valence-corrected chi connectivity index (χ0v) is 8.63. The Balaban J connectivity index is 1.74. The van der Waals surface area contributed by atoms with Crippen molar-refractivity contribution in [1.29, 1.82) is 0 Å². The number of hydrogen-bond donors (Lipinski definition) is 0. The SMILES string of the molecule is C=CC(=O)OC1CC2OC1C1COC(=O)C21. The monoisotopic (exact) mass is 224 g/mol. The van der Waals surface area contributed by atoms with E-state index in [2.05, 4.69) is 6.58 Å². The maximum absolute atomic E-state index is 11.4. The molecule has 5 nitrogen and oxygen atoms in total. The van der Waals surface area contributed by atoms with Crippen LogP contribution in [0.3, 0.4) is 0 Å². The van der Waals surface area contributed by atoms with Gasteiger partial charge in [-0.3, -0.25) is 4.79 Å². The maximum atomic E-state index is 11.4. The van der Waals surface area contributed by atoms with Crippen molar-refractivity contribution in [1.82, 2.24) is 0 Å². The maximum Gasteiger partial charge on any atom is 0.330 e. The number of cyclic esters (lactones) is 1. The fraction of sp³-hybridized carbons (Fsp3) is 0.636. The molecule has 0 spiro atoms. The smallest absolute Gasteiger partial charge is 0.330 e. The molecular weight excluding hydrogens is 212 g/mol. The van der Waals surface area contributed by atoms with Crippen LogP contribution in [0.15, 0.2) is 12.7 Å². The van der Waals surface area contributed by atoms with E-state index in [1.165, 1.54) is 0 Å². The minimum absolute atomic E-state index is 0.0499. The van der Waals surface area contributed by atoms with E-state index in [0.29, 0.717) is 13.0 Å². The van der Waals surface area contributed by atoms with Crippen molar-refractivity contribution in [2.24, 2.45) is 11.8 Å². The minimum atomic E-state index is -0.442. The summed E-state index contributed by atoms with van der Waals surface area (Å²) >= 11 is 0. The molecule has 0 N–H and O–H groups in total. The lowest BCUT2D eigenvalue weighted by Gasteiger charge is -2.24. The molecule has 2 bridgehead atoms. The second-order valence-corrected chi connectivity index (χ2v) is 4.37. The van der Waals surface area contributed by atoms with E-state index >= 15 is 0 Å². The van der Waals surface area contributed by atoms with Gasteiger partial charge in [0, 0.05) is 18.4 Å². The summed E-state index contributed by atoms with van der Waals surface area (Å²) in [7, 11) is 0. The Labute approximate surface area is 92.3 Å². The lowest BCUT2D eigenvalue weighted by molar-refractivity contribution is -0.147. The van der Waals surface area contributed by atoms with Crippen molar-refractivity contribution in [2.45, 2.75) is 24.7 Å². The Kier molecular flexibility index (Phi) is 2.04. The van der Waals surface area contributed by atoms with Crippen molar-refractivity contribution in [3.05, 3.63) is 12.7 Å². The molecule has 3 rings (SSSR count). The van der Waals surface area contributed by atoms with Gasteiger partial charge in [0.1, 0.15) is 12.2 Å². The predicted molar refractivity (Wildman–Crippen MR) is 51.3 cm³/mol. The van der Waals surface area contributed by atoms with E-state index in [0.717, 1.165) is 6.08 Å². The van der Waals surface area contributed by atoms with Gasteiger partial charge in [-0.15, -0.1) is 0 Å². The Hall–Kier alpha value is -1.36. The van der Waals surface area contributed by atoms with Crippen molar-refractivity contribution in [3.8, 4) is 0 Å². The van der Waals surface area contributed by atoms with E-state index in [1.807, 2.05) is 0 Å². The first kappa shape index (κ1) is 9.84. The fourth-order valence-corrected chi connectivity index (χ4v) is 2.91. The van der Waals surface area contributed by atoms with Crippen molar-refractivity contribution < 1.29 is 23.8 Å². The molecule has 0 saturated carbocycles. The third-order valence-corrected chi connectivity index (χ3v) is 3.57. The zero-order chi connectivity index (χ0) is 11.3. The number of fused-ring (bicyclic) bond motifs is 5. The summed E-state index contributed by atoms with van der Waals surface area (Å²) in [5.41, 5.74) is 0. The Morgan fingerprint density at radius 1 is 1.56 bits per heavy atom. The molecule has 3 heterocycles. The van der Waals surface area contributed by atoms with E-state index < -0.39 is 5.97 Å². The molecule has 3 aliphatic rings. The predicted octanol–water partition coefficient (Wildman–Crippen LogP) is 0.0445. The van der Waals surface area contributed by atoms with Crippen LogP contribution in [-0.2, 0) is 23.8 Å². The van der Waals surface area contributed by atoms with E-state index in [-0.39, 0.29) is 36.1 Å². The first-order chi connectivity index (χ1) is 7.70. The van der Waals surface area contributed by atoms with Gasteiger partial charge in [-0.25, -0.2) is 4.79 Å². The van der Waals surface area contributed by atoms with Crippen LogP contribution in [-0.4, -0.2) is 36.9 Å². The zero-order valence-electron chi connectivity index (χ0n) is 8.63. The minimum Gasteiger partial charge on any atom is -0.465 e. The number of rotatable bonds is 2. The van der Waals surface area contributed by atoms with Gasteiger partial charge < -0.3 is 14.2 Å². The first-order valence-electron chi connectivity index (χ1n) is 5.36. The summed E-state index contributed by atoms with van der Waals surface area (Å²) in [5, 5.41) is 0. The van der Waals surface area contributed by atoms with Gasteiger partial charge in [0.15, 0.2) is 0 Å². The molecular formula is C11H12O5. The largest absolute Gasteiger partial charge is 0.465 e. The molecule has 5 atom stereocenters. The molecule has 3 aliphatic heterocycles. The average Bonchev–Trinajstić information content (AvgIpc) is 2.91. The lowest BCUT2D eigenvalue weighted by Crippen LogP contribution is -2.39.